The summed E-state index contributed by atoms with van der Waals surface area (Å²) in [7, 11) is 3.53. The van der Waals surface area contributed by atoms with Crippen molar-refractivity contribution >= 4 is 34.5 Å². The summed E-state index contributed by atoms with van der Waals surface area (Å²) in [6.07, 6.45) is 0. The second-order valence-electron chi connectivity index (χ2n) is 6.61. The summed E-state index contributed by atoms with van der Waals surface area (Å²) in [5.74, 6) is 0.687. The van der Waals surface area contributed by atoms with E-state index in [4.69, 9.17) is 16.6 Å². The molecule has 6 heteroatoms. The predicted molar refractivity (Wildman–Crippen MR) is 104 cm³/mol. The molecule has 132 valence electrons. The highest BCUT2D eigenvalue weighted by Gasteiger charge is 2.34. The molecule has 2 heterocycles. The number of para-hydroxylation sites is 2. The Hall–Kier alpha value is -2.79. The van der Waals surface area contributed by atoms with Crippen LogP contribution in [0.25, 0.3) is 11.0 Å². The highest BCUT2D eigenvalue weighted by atomic mass is 35.5. The number of nitrogens with one attached hydrogen (secondary N) is 1. The van der Waals surface area contributed by atoms with Crippen LogP contribution in [0.15, 0.2) is 59.8 Å². The Balaban J connectivity index is 2.02. The first-order valence-electron chi connectivity index (χ1n) is 8.39. The highest BCUT2D eigenvalue weighted by molar-refractivity contribution is 6.30. The van der Waals surface area contributed by atoms with Crippen LogP contribution >= 0.6 is 11.6 Å². The van der Waals surface area contributed by atoms with Gasteiger partial charge in [-0.2, -0.15) is 0 Å². The number of anilines is 1. The molecule has 0 spiro atoms. The summed E-state index contributed by atoms with van der Waals surface area (Å²) in [4.78, 5) is 19.3. The zero-order valence-corrected chi connectivity index (χ0v) is 15.6. The minimum Gasteiger partial charge on any atom is -0.345 e. The summed E-state index contributed by atoms with van der Waals surface area (Å²) in [5.41, 5.74) is 4.29. The molecule has 0 fully saturated rings. The Morgan fingerprint density at radius 1 is 1.19 bits per heavy atom. The van der Waals surface area contributed by atoms with Crippen molar-refractivity contribution in [1.82, 2.24) is 14.5 Å². The lowest BCUT2D eigenvalue weighted by molar-refractivity contribution is -0.125. The van der Waals surface area contributed by atoms with Gasteiger partial charge in [0.05, 0.1) is 22.6 Å². The number of amides is 1. The maximum Gasteiger partial charge on any atom is 0.253 e. The van der Waals surface area contributed by atoms with Gasteiger partial charge in [0.15, 0.2) is 0 Å². The van der Waals surface area contributed by atoms with E-state index in [2.05, 4.69) is 9.88 Å². The average Bonchev–Trinajstić information content (AvgIpc) is 2.97. The molecule has 0 radical (unpaired) electrons. The fraction of sp³-hybridized carbons (Fsp3) is 0.200. The van der Waals surface area contributed by atoms with Gasteiger partial charge in [-0.15, -0.1) is 0 Å². The number of benzene rings is 2. The molecular formula is C20H19ClN4O. The molecule has 1 aliphatic heterocycles. The van der Waals surface area contributed by atoms with Gasteiger partial charge in [-0.05, 0) is 36.8 Å². The van der Waals surface area contributed by atoms with E-state index in [-0.39, 0.29) is 11.9 Å². The van der Waals surface area contributed by atoms with E-state index in [9.17, 15) is 4.79 Å². The second kappa shape index (κ2) is 6.18. The number of likely N-dealkylation sites (N-methyl/N-ethyl adjacent to an activating group) is 1. The highest BCUT2D eigenvalue weighted by Crippen LogP contribution is 2.40. The lowest BCUT2D eigenvalue weighted by atomic mass is 9.94. The lowest BCUT2D eigenvalue weighted by Crippen LogP contribution is -2.34. The number of aromatic nitrogens is 2. The molecule has 0 unspecified atom stereocenters. The smallest absolute Gasteiger partial charge is 0.253 e. The number of allylic oxidation sites excluding steroid dienone is 1. The number of halogens is 1. The summed E-state index contributed by atoms with van der Waals surface area (Å²) < 4.78 is 2.07. The Bertz CT molecular complexity index is 1050. The van der Waals surface area contributed by atoms with Crippen LogP contribution in [-0.4, -0.2) is 34.5 Å². The van der Waals surface area contributed by atoms with Gasteiger partial charge >= 0.3 is 0 Å². The number of rotatable bonds is 2. The van der Waals surface area contributed by atoms with Crippen molar-refractivity contribution in [1.29, 1.82) is 0 Å². The minimum absolute atomic E-state index is 0.0385. The molecule has 4 rings (SSSR count). The molecule has 1 aliphatic rings. The number of nitrogens with zero attached hydrogens (tertiary/aromatic N) is 3. The van der Waals surface area contributed by atoms with Crippen molar-refractivity contribution in [3.63, 3.8) is 0 Å². The van der Waals surface area contributed by atoms with Gasteiger partial charge in [-0.1, -0.05) is 35.9 Å². The first kappa shape index (κ1) is 16.7. The molecule has 1 N–H and O–H groups in total. The molecule has 1 amide bonds. The number of hydrogen-bond donors (Lipinski definition) is 1. The van der Waals surface area contributed by atoms with Crippen molar-refractivity contribution in [2.24, 2.45) is 0 Å². The van der Waals surface area contributed by atoms with Gasteiger partial charge in [-0.25, -0.2) is 4.98 Å². The second-order valence-corrected chi connectivity index (χ2v) is 7.05. The molecule has 0 aliphatic carbocycles. The number of carbonyl (C=O) groups excluding carboxylic acids is 1. The van der Waals surface area contributed by atoms with E-state index in [1.807, 2.05) is 55.5 Å². The van der Waals surface area contributed by atoms with Crippen molar-refractivity contribution in [2.75, 3.05) is 19.4 Å². The Morgan fingerprint density at radius 2 is 1.96 bits per heavy atom. The monoisotopic (exact) mass is 366 g/mol. The van der Waals surface area contributed by atoms with E-state index in [0.29, 0.717) is 10.6 Å². The maximum absolute atomic E-state index is 13.0. The quantitative estimate of drug-likeness (QED) is 0.743. The van der Waals surface area contributed by atoms with Gasteiger partial charge in [0, 0.05) is 24.8 Å². The van der Waals surface area contributed by atoms with Crippen LogP contribution in [0, 0.1) is 0 Å². The molecular weight excluding hydrogens is 348 g/mol. The molecule has 0 saturated heterocycles. The molecule has 0 bridgehead atoms. The number of fused-ring (bicyclic) bond motifs is 3. The van der Waals surface area contributed by atoms with Crippen LogP contribution in [0.2, 0.25) is 5.02 Å². The standard InChI is InChI=1S/C20H19ClN4O/c1-12-17(19(26)24(2)3)18(13-7-6-8-14(21)11-13)25-16-10-5-4-9-15(16)23-20(25)22-12/h4-11,18H,1-3H3,(H,22,23)/t18-/m1/s1. The average molecular weight is 367 g/mol. The van der Waals surface area contributed by atoms with Gasteiger partial charge < -0.3 is 10.2 Å². The summed E-state index contributed by atoms with van der Waals surface area (Å²) in [6.45, 7) is 1.91. The van der Waals surface area contributed by atoms with E-state index in [1.165, 1.54) is 0 Å². The molecule has 1 aromatic heterocycles. The summed E-state index contributed by atoms with van der Waals surface area (Å²) in [5, 5.41) is 3.94. The first-order chi connectivity index (χ1) is 12.5. The topological polar surface area (TPSA) is 50.2 Å². The minimum atomic E-state index is -0.299. The molecule has 3 aromatic rings. The number of hydrogen-bond acceptors (Lipinski definition) is 3. The fourth-order valence-corrected chi connectivity index (χ4v) is 3.67. The molecule has 0 saturated carbocycles. The summed E-state index contributed by atoms with van der Waals surface area (Å²) >= 11 is 6.26. The van der Waals surface area contributed by atoms with E-state index >= 15 is 0 Å². The van der Waals surface area contributed by atoms with Crippen LogP contribution in [0.1, 0.15) is 18.5 Å². The number of imidazole rings is 1. The molecule has 5 nitrogen and oxygen atoms in total. The van der Waals surface area contributed by atoms with Crippen LogP contribution in [0.5, 0.6) is 0 Å². The van der Waals surface area contributed by atoms with Gasteiger partial charge in [0.2, 0.25) is 5.95 Å². The normalized spacial score (nSPS) is 16.4. The van der Waals surface area contributed by atoms with Crippen molar-refractivity contribution in [3.05, 3.63) is 70.4 Å². The molecule has 1 atom stereocenters. The predicted octanol–water partition coefficient (Wildman–Crippen LogP) is 4.07. The third kappa shape index (κ3) is 2.56. The van der Waals surface area contributed by atoms with E-state index in [0.717, 1.165) is 28.2 Å². The van der Waals surface area contributed by atoms with Crippen molar-refractivity contribution in [2.45, 2.75) is 13.0 Å². The third-order valence-corrected chi connectivity index (χ3v) is 4.87. The summed E-state index contributed by atoms with van der Waals surface area (Å²) in [6, 6.07) is 15.3. The maximum atomic E-state index is 13.0. The SMILES string of the molecule is CC1=C(C(=O)N(C)C)[C@@H](c2cccc(Cl)c2)n2c(nc3ccccc32)N1. The first-order valence-corrected chi connectivity index (χ1v) is 8.77. The van der Waals surface area contributed by atoms with Gasteiger partial charge in [-0.3, -0.25) is 9.36 Å². The third-order valence-electron chi connectivity index (χ3n) is 4.63. The van der Waals surface area contributed by atoms with Crippen LogP contribution < -0.4 is 5.32 Å². The molecule has 2 aromatic carbocycles. The van der Waals surface area contributed by atoms with Gasteiger partial charge in [0.25, 0.3) is 5.91 Å². The number of carbonyl (C=O) groups is 1. The van der Waals surface area contributed by atoms with Crippen LogP contribution in [0.3, 0.4) is 0 Å². The van der Waals surface area contributed by atoms with Crippen molar-refractivity contribution in [3.8, 4) is 0 Å². The van der Waals surface area contributed by atoms with E-state index in [1.54, 1.807) is 19.0 Å². The van der Waals surface area contributed by atoms with Crippen LogP contribution in [0.4, 0.5) is 5.95 Å². The van der Waals surface area contributed by atoms with E-state index < -0.39 is 0 Å². The van der Waals surface area contributed by atoms with Gasteiger partial charge in [0.1, 0.15) is 0 Å². The van der Waals surface area contributed by atoms with Crippen molar-refractivity contribution < 1.29 is 4.79 Å². The lowest BCUT2D eigenvalue weighted by Gasteiger charge is -2.32. The Morgan fingerprint density at radius 3 is 2.69 bits per heavy atom. The Kier molecular flexibility index (Phi) is 3.96. The zero-order chi connectivity index (χ0) is 18.4. The largest absolute Gasteiger partial charge is 0.345 e. The van der Waals surface area contributed by atoms with Crippen LogP contribution in [-0.2, 0) is 4.79 Å². The Labute approximate surface area is 156 Å². The zero-order valence-electron chi connectivity index (χ0n) is 14.8. The molecule has 26 heavy (non-hydrogen) atoms. The fourth-order valence-electron chi connectivity index (χ4n) is 3.47.